The van der Waals surface area contributed by atoms with Crippen molar-refractivity contribution in [1.82, 2.24) is 14.6 Å². The first-order chi connectivity index (χ1) is 14.3. The van der Waals surface area contributed by atoms with E-state index in [-0.39, 0.29) is 0 Å². The first kappa shape index (κ1) is 21.0. The lowest BCUT2D eigenvalue weighted by Gasteiger charge is -2.16. The molecule has 0 fully saturated rings. The van der Waals surface area contributed by atoms with E-state index in [4.69, 9.17) is 0 Å². The van der Waals surface area contributed by atoms with Gasteiger partial charge in [0.15, 0.2) is 0 Å². The summed E-state index contributed by atoms with van der Waals surface area (Å²) in [6, 6.07) is 1.55. The Morgan fingerprint density at radius 3 is 2.47 bits per heavy atom. The molecule has 2 N–H and O–H groups in total. The van der Waals surface area contributed by atoms with Crippen molar-refractivity contribution >= 4 is 39.2 Å². The number of aryl methyl sites for hydroxylation is 2. The van der Waals surface area contributed by atoms with Crippen LogP contribution in [-0.4, -0.2) is 38.4 Å². The number of benzene rings is 1. The molecule has 1 aromatic carbocycles. The molecular weight excluding hydrogens is 420 g/mol. The van der Waals surface area contributed by atoms with Gasteiger partial charge in [0.05, 0.1) is 11.1 Å². The molecule has 30 heavy (non-hydrogen) atoms. The highest BCUT2D eigenvalue weighted by Crippen LogP contribution is 2.38. The van der Waals surface area contributed by atoms with Crippen LogP contribution < -0.4 is 10.0 Å². The van der Waals surface area contributed by atoms with Crippen molar-refractivity contribution < 1.29 is 13.2 Å². The predicted octanol–water partition coefficient (Wildman–Crippen LogP) is 3.30. The third kappa shape index (κ3) is 4.74. The lowest BCUT2D eigenvalue weighted by atomic mass is 9.99. The maximum atomic E-state index is 12.5. The van der Waals surface area contributed by atoms with E-state index in [0.717, 1.165) is 66.4 Å². The van der Waals surface area contributed by atoms with Crippen molar-refractivity contribution in [3.8, 4) is 0 Å². The van der Waals surface area contributed by atoms with E-state index in [1.165, 1.54) is 28.5 Å². The Morgan fingerprint density at radius 2 is 1.83 bits per heavy atom. The Morgan fingerprint density at radius 1 is 1.17 bits per heavy atom. The van der Waals surface area contributed by atoms with Gasteiger partial charge >= 0.3 is 6.03 Å². The summed E-state index contributed by atoms with van der Waals surface area (Å²) >= 11 is 1.36. The molecule has 0 spiro atoms. The number of anilines is 1. The summed E-state index contributed by atoms with van der Waals surface area (Å²) in [4.78, 5) is 18.9. The van der Waals surface area contributed by atoms with Crippen LogP contribution in [0.4, 0.5) is 10.5 Å². The third-order valence-corrected chi connectivity index (χ3v) is 7.21. The Labute approximate surface area is 181 Å². The number of carbonyl (C=O) groups is 1. The average molecular weight is 447 g/mol. The topological polar surface area (TPSA) is 91.4 Å². The number of aromatic nitrogens is 1. The molecule has 0 atom stereocenters. The van der Waals surface area contributed by atoms with Crippen molar-refractivity contribution in [3.63, 3.8) is 0 Å². The normalized spacial score (nSPS) is 15.6. The molecule has 0 saturated carbocycles. The van der Waals surface area contributed by atoms with Crippen molar-refractivity contribution in [2.45, 2.75) is 45.1 Å². The van der Waals surface area contributed by atoms with Gasteiger partial charge in [0, 0.05) is 17.6 Å². The molecule has 9 heteroatoms. The minimum Gasteiger partial charge on any atom is -0.307 e. The second-order valence-corrected chi connectivity index (χ2v) is 10.5. The zero-order chi connectivity index (χ0) is 21.3. The van der Waals surface area contributed by atoms with Gasteiger partial charge in [0.1, 0.15) is 5.01 Å². The molecule has 7 nitrogen and oxygen atoms in total. The van der Waals surface area contributed by atoms with E-state index in [2.05, 4.69) is 21.1 Å². The fourth-order valence-electron chi connectivity index (χ4n) is 4.21. The van der Waals surface area contributed by atoms with Gasteiger partial charge in [0.25, 0.3) is 10.0 Å². The summed E-state index contributed by atoms with van der Waals surface area (Å²) in [6.07, 6.45) is 7.43. The van der Waals surface area contributed by atoms with Crippen LogP contribution in [0.15, 0.2) is 16.9 Å². The number of hydrogen-bond acceptors (Lipinski definition) is 6. The van der Waals surface area contributed by atoms with Crippen LogP contribution in [-0.2, 0) is 42.3 Å². The molecule has 0 bridgehead atoms. The number of urea groups is 1. The van der Waals surface area contributed by atoms with E-state index in [9.17, 15) is 13.2 Å². The van der Waals surface area contributed by atoms with Gasteiger partial charge in [-0.25, -0.2) is 22.9 Å². The number of sulfonamides is 1. The third-order valence-electron chi connectivity index (χ3n) is 5.38. The molecule has 0 aliphatic heterocycles. The minimum atomic E-state index is -3.93. The number of amides is 2. The highest BCUT2D eigenvalue weighted by Gasteiger charge is 2.25. The van der Waals surface area contributed by atoms with Crippen molar-refractivity contribution in [3.05, 3.63) is 49.8 Å². The summed E-state index contributed by atoms with van der Waals surface area (Å²) in [5, 5.41) is 6.30. The maximum absolute atomic E-state index is 12.5. The lowest BCUT2D eigenvalue weighted by molar-refractivity contribution is 0.256. The number of nitrogens with one attached hydrogen (secondary N) is 2. The number of fused-ring (bicyclic) bond motifs is 2. The van der Waals surface area contributed by atoms with Gasteiger partial charge in [-0.15, -0.1) is 11.3 Å². The van der Waals surface area contributed by atoms with Crippen LogP contribution in [0.3, 0.4) is 0 Å². The van der Waals surface area contributed by atoms with Gasteiger partial charge in [-0.3, -0.25) is 0 Å². The van der Waals surface area contributed by atoms with E-state index < -0.39 is 16.1 Å². The maximum Gasteiger partial charge on any atom is 0.333 e. The highest BCUT2D eigenvalue weighted by molar-refractivity contribution is 7.93. The zero-order valence-corrected chi connectivity index (χ0v) is 18.8. The van der Waals surface area contributed by atoms with Gasteiger partial charge in [0.2, 0.25) is 0 Å². The molecule has 1 aromatic heterocycles. The van der Waals surface area contributed by atoms with E-state index in [1.54, 1.807) is 0 Å². The second-order valence-electron chi connectivity index (χ2n) is 8.05. The van der Waals surface area contributed by atoms with Crippen molar-refractivity contribution in [1.29, 1.82) is 0 Å². The average Bonchev–Trinajstić information content (AvgIpc) is 3.39. The molecule has 2 aliphatic rings. The first-order valence-electron chi connectivity index (χ1n) is 10.1. The van der Waals surface area contributed by atoms with Crippen LogP contribution in [0.25, 0.3) is 6.08 Å². The van der Waals surface area contributed by atoms with Crippen LogP contribution in [0.2, 0.25) is 0 Å². The molecular formula is C21H26N4O3S2. The van der Waals surface area contributed by atoms with Crippen molar-refractivity contribution in [2.75, 3.05) is 19.4 Å². The Hall–Kier alpha value is -2.23. The lowest BCUT2D eigenvalue weighted by Crippen LogP contribution is -2.33. The number of thiazole rings is 1. The predicted molar refractivity (Wildman–Crippen MR) is 120 cm³/mol. The monoisotopic (exact) mass is 446 g/mol. The summed E-state index contributed by atoms with van der Waals surface area (Å²) in [6.45, 7) is 0.684. The fraction of sp³-hybridized carbons (Fsp3) is 0.429. The molecule has 160 valence electrons. The largest absolute Gasteiger partial charge is 0.333 e. The molecule has 1 heterocycles. The minimum absolute atomic E-state index is 0.580. The summed E-state index contributed by atoms with van der Waals surface area (Å²) in [5.74, 6) is 0. The zero-order valence-electron chi connectivity index (χ0n) is 17.2. The molecule has 0 radical (unpaired) electrons. The van der Waals surface area contributed by atoms with Gasteiger partial charge < -0.3 is 10.2 Å². The molecule has 4 rings (SSSR count). The number of rotatable bonds is 6. The quantitative estimate of drug-likeness (QED) is 0.710. The number of hydrogen-bond donors (Lipinski definition) is 2. The molecule has 2 amide bonds. The van der Waals surface area contributed by atoms with Gasteiger partial charge in [-0.2, -0.15) is 0 Å². The van der Waals surface area contributed by atoms with Crippen LogP contribution in [0, 0.1) is 0 Å². The van der Waals surface area contributed by atoms with Crippen molar-refractivity contribution in [2.24, 2.45) is 0 Å². The molecule has 2 aliphatic carbocycles. The molecule has 0 unspecified atom stereocenters. The standard InChI is InChI=1S/C21H26N4O3S2/c1-25(2)12-16-13-29-19(22-16)9-10-30(27,28)24-21(26)23-20-17-7-3-5-14(17)11-15-6-4-8-18(15)20/h9-11,13H,3-8,12H2,1-2H3,(H2,23,24,26)/b10-9+. The second kappa shape index (κ2) is 8.49. The highest BCUT2D eigenvalue weighted by atomic mass is 32.2. The van der Waals surface area contributed by atoms with Gasteiger partial charge in [-0.05, 0) is 81.0 Å². The van der Waals surface area contributed by atoms with Gasteiger partial charge in [-0.1, -0.05) is 6.07 Å². The van der Waals surface area contributed by atoms with Crippen LogP contribution in [0.1, 0.15) is 45.8 Å². The first-order valence-corrected chi connectivity index (χ1v) is 12.5. The van der Waals surface area contributed by atoms with E-state index in [0.29, 0.717) is 11.6 Å². The smallest absolute Gasteiger partial charge is 0.307 e. The van der Waals surface area contributed by atoms with E-state index in [1.807, 2.05) is 24.4 Å². The Balaban J connectivity index is 1.45. The van der Waals surface area contributed by atoms with Crippen LogP contribution >= 0.6 is 11.3 Å². The van der Waals surface area contributed by atoms with Crippen LogP contribution in [0.5, 0.6) is 0 Å². The summed E-state index contributed by atoms with van der Waals surface area (Å²) in [7, 11) is -0.0398. The Bertz CT molecular complexity index is 1070. The Kier molecular flexibility index (Phi) is 5.95. The van der Waals surface area contributed by atoms with E-state index >= 15 is 0 Å². The molecule has 0 saturated heterocycles. The SMILES string of the molecule is CN(C)Cc1csc(/C=C/S(=O)(=O)NC(=O)Nc2c3c(cc4c2CCC4)CCC3)n1. The summed E-state index contributed by atoms with van der Waals surface area (Å²) in [5.41, 5.74) is 6.59. The summed E-state index contributed by atoms with van der Waals surface area (Å²) < 4.78 is 26.8. The number of nitrogens with zero attached hydrogens (tertiary/aromatic N) is 2. The molecule has 2 aromatic rings. The number of carbonyl (C=O) groups excluding carboxylic acids is 1. The fourth-order valence-corrected chi connectivity index (χ4v) is 5.69.